The van der Waals surface area contributed by atoms with Gasteiger partial charge in [0.15, 0.2) is 0 Å². The van der Waals surface area contributed by atoms with Crippen LogP contribution >= 0.6 is 23.1 Å². The molecule has 1 aromatic carbocycles. The molecule has 0 atom stereocenters. The lowest BCUT2D eigenvalue weighted by Crippen LogP contribution is -2.16. The number of carbonyl (C=O) groups excluding carboxylic acids is 2. The predicted molar refractivity (Wildman–Crippen MR) is 109 cm³/mol. The number of nitrogens with zero attached hydrogens (tertiary/aromatic N) is 2. The summed E-state index contributed by atoms with van der Waals surface area (Å²) in [6.45, 7) is 5.58. The standard InChI is InChI=1S/C19H19N3O3S2/c1-10-11(2)27-18(16(10)19(24)25-4)22-15(23)9-26-17-13-7-5-6-8-14(13)20-12(3)21-17/h5-8H,9H2,1-4H3,(H,22,23). The second kappa shape index (κ2) is 8.06. The Hall–Kier alpha value is -2.45. The minimum atomic E-state index is -0.447. The highest BCUT2D eigenvalue weighted by molar-refractivity contribution is 8.00. The number of benzene rings is 1. The smallest absolute Gasteiger partial charge is 0.341 e. The summed E-state index contributed by atoms with van der Waals surface area (Å²) >= 11 is 2.72. The maximum Gasteiger partial charge on any atom is 0.341 e. The zero-order valence-corrected chi connectivity index (χ0v) is 17.1. The third-order valence-corrected chi connectivity index (χ3v) is 6.16. The zero-order valence-electron chi connectivity index (χ0n) is 15.5. The topological polar surface area (TPSA) is 81.2 Å². The Morgan fingerprint density at radius 1 is 1.19 bits per heavy atom. The van der Waals surface area contributed by atoms with Crippen LogP contribution in [0.5, 0.6) is 0 Å². The number of hydrogen-bond acceptors (Lipinski definition) is 7. The van der Waals surface area contributed by atoms with Crippen LogP contribution < -0.4 is 5.32 Å². The third kappa shape index (κ3) is 4.12. The van der Waals surface area contributed by atoms with Crippen molar-refractivity contribution in [2.45, 2.75) is 25.8 Å². The first-order valence-corrected chi connectivity index (χ1v) is 10.0. The number of esters is 1. The summed E-state index contributed by atoms with van der Waals surface area (Å²) in [5, 5.41) is 5.03. The van der Waals surface area contributed by atoms with Gasteiger partial charge in [-0.2, -0.15) is 0 Å². The fraction of sp³-hybridized carbons (Fsp3) is 0.263. The van der Waals surface area contributed by atoms with Gasteiger partial charge in [0.25, 0.3) is 0 Å². The van der Waals surface area contributed by atoms with Crippen molar-refractivity contribution in [3.63, 3.8) is 0 Å². The maximum absolute atomic E-state index is 12.5. The van der Waals surface area contributed by atoms with Crippen LogP contribution in [-0.4, -0.2) is 34.7 Å². The van der Waals surface area contributed by atoms with Crippen LogP contribution in [0.4, 0.5) is 5.00 Å². The molecule has 3 rings (SSSR count). The molecule has 1 N–H and O–H groups in total. The van der Waals surface area contributed by atoms with Crippen LogP contribution in [0.1, 0.15) is 26.6 Å². The summed E-state index contributed by atoms with van der Waals surface area (Å²) in [4.78, 5) is 34.3. The first-order valence-electron chi connectivity index (χ1n) is 8.25. The maximum atomic E-state index is 12.5. The number of thiophene rings is 1. The van der Waals surface area contributed by atoms with Crippen molar-refractivity contribution < 1.29 is 14.3 Å². The molecule has 0 aliphatic rings. The van der Waals surface area contributed by atoms with Crippen molar-refractivity contribution in [2.75, 3.05) is 18.2 Å². The average Bonchev–Trinajstić information content (AvgIpc) is 2.92. The van der Waals surface area contributed by atoms with Crippen molar-refractivity contribution in [2.24, 2.45) is 0 Å². The first kappa shape index (κ1) is 19.3. The van der Waals surface area contributed by atoms with Crippen molar-refractivity contribution >= 4 is 50.9 Å². The fourth-order valence-electron chi connectivity index (χ4n) is 2.63. The highest BCUT2D eigenvalue weighted by Gasteiger charge is 2.21. The number of fused-ring (bicyclic) bond motifs is 1. The molecule has 27 heavy (non-hydrogen) atoms. The molecule has 1 amide bonds. The summed E-state index contributed by atoms with van der Waals surface area (Å²) in [7, 11) is 1.33. The number of rotatable bonds is 5. The molecule has 2 aromatic heterocycles. The Labute approximate surface area is 165 Å². The number of anilines is 1. The number of thioether (sulfide) groups is 1. The summed E-state index contributed by atoms with van der Waals surface area (Å²) in [5.41, 5.74) is 2.10. The highest BCUT2D eigenvalue weighted by Crippen LogP contribution is 2.33. The van der Waals surface area contributed by atoms with E-state index in [4.69, 9.17) is 4.74 Å². The SMILES string of the molecule is COC(=O)c1c(NC(=O)CSc2nc(C)nc3ccccc23)sc(C)c1C. The summed E-state index contributed by atoms with van der Waals surface area (Å²) in [6.07, 6.45) is 0. The van der Waals surface area contributed by atoms with Crippen LogP contribution in [0.3, 0.4) is 0 Å². The fourth-order valence-corrected chi connectivity index (χ4v) is 4.56. The van der Waals surface area contributed by atoms with E-state index >= 15 is 0 Å². The van der Waals surface area contributed by atoms with E-state index in [2.05, 4.69) is 15.3 Å². The van der Waals surface area contributed by atoms with E-state index in [1.807, 2.05) is 45.0 Å². The monoisotopic (exact) mass is 401 g/mol. The molecule has 8 heteroatoms. The van der Waals surface area contributed by atoms with Crippen molar-refractivity contribution in [3.8, 4) is 0 Å². The van der Waals surface area contributed by atoms with Crippen LogP contribution in [0, 0.1) is 20.8 Å². The normalized spacial score (nSPS) is 10.8. The lowest BCUT2D eigenvalue weighted by molar-refractivity contribution is -0.113. The van der Waals surface area contributed by atoms with E-state index in [0.29, 0.717) is 16.4 Å². The molecule has 0 spiro atoms. The van der Waals surface area contributed by atoms with Crippen LogP contribution in [0.2, 0.25) is 0 Å². The Balaban J connectivity index is 1.77. The van der Waals surface area contributed by atoms with E-state index in [1.54, 1.807) is 0 Å². The summed E-state index contributed by atoms with van der Waals surface area (Å²) in [5.74, 6) is 0.190. The van der Waals surface area contributed by atoms with Gasteiger partial charge < -0.3 is 10.1 Å². The summed E-state index contributed by atoms with van der Waals surface area (Å²) in [6, 6.07) is 7.71. The molecule has 0 saturated carbocycles. The molecule has 0 aliphatic heterocycles. The number of nitrogens with one attached hydrogen (secondary N) is 1. The van der Waals surface area contributed by atoms with Crippen molar-refractivity contribution in [3.05, 3.63) is 46.1 Å². The number of amides is 1. The molecule has 0 fully saturated rings. The van der Waals surface area contributed by atoms with Crippen LogP contribution in [0.15, 0.2) is 29.3 Å². The molecular formula is C19H19N3O3S2. The molecule has 3 aromatic rings. The number of methoxy groups -OCH3 is 1. The number of carbonyl (C=O) groups is 2. The first-order chi connectivity index (χ1) is 12.9. The number of aryl methyl sites for hydroxylation is 2. The van der Waals surface area contributed by atoms with Gasteiger partial charge >= 0.3 is 5.97 Å². The Morgan fingerprint density at radius 3 is 2.67 bits per heavy atom. The van der Waals surface area contributed by atoms with E-state index in [-0.39, 0.29) is 11.7 Å². The van der Waals surface area contributed by atoms with E-state index in [0.717, 1.165) is 26.4 Å². The number of aromatic nitrogens is 2. The molecule has 140 valence electrons. The van der Waals surface area contributed by atoms with Gasteiger partial charge in [0.2, 0.25) is 5.91 Å². The Bertz CT molecular complexity index is 1030. The average molecular weight is 402 g/mol. The molecule has 0 saturated heterocycles. The quantitative estimate of drug-likeness (QED) is 0.393. The molecule has 0 bridgehead atoms. The van der Waals surface area contributed by atoms with Gasteiger partial charge in [-0.05, 0) is 32.4 Å². The molecule has 2 heterocycles. The lowest BCUT2D eigenvalue weighted by atomic mass is 10.1. The molecule has 0 radical (unpaired) electrons. The molecule has 6 nitrogen and oxygen atoms in total. The minimum absolute atomic E-state index is 0.178. The molecular weight excluding hydrogens is 382 g/mol. The van der Waals surface area contributed by atoms with Gasteiger partial charge in [-0.25, -0.2) is 14.8 Å². The largest absolute Gasteiger partial charge is 0.465 e. The van der Waals surface area contributed by atoms with E-state index in [1.165, 1.54) is 30.2 Å². The zero-order chi connectivity index (χ0) is 19.6. The van der Waals surface area contributed by atoms with Gasteiger partial charge in [0.05, 0.1) is 23.9 Å². The van der Waals surface area contributed by atoms with Gasteiger partial charge in [0, 0.05) is 10.3 Å². The van der Waals surface area contributed by atoms with E-state index in [9.17, 15) is 9.59 Å². The number of ether oxygens (including phenoxy) is 1. The minimum Gasteiger partial charge on any atom is -0.465 e. The Morgan fingerprint density at radius 2 is 1.93 bits per heavy atom. The Kier molecular flexibility index (Phi) is 5.76. The number of hydrogen-bond donors (Lipinski definition) is 1. The van der Waals surface area contributed by atoms with E-state index < -0.39 is 5.97 Å². The molecule has 0 aliphatic carbocycles. The van der Waals surface area contributed by atoms with Gasteiger partial charge in [0.1, 0.15) is 15.9 Å². The molecule has 0 unspecified atom stereocenters. The van der Waals surface area contributed by atoms with Gasteiger partial charge in [-0.15, -0.1) is 11.3 Å². The van der Waals surface area contributed by atoms with Crippen molar-refractivity contribution in [1.82, 2.24) is 9.97 Å². The van der Waals surface area contributed by atoms with Crippen LogP contribution in [-0.2, 0) is 9.53 Å². The van der Waals surface area contributed by atoms with Gasteiger partial charge in [-0.3, -0.25) is 4.79 Å². The second-order valence-corrected chi connectivity index (χ2v) is 8.10. The lowest BCUT2D eigenvalue weighted by Gasteiger charge is -2.08. The highest BCUT2D eigenvalue weighted by atomic mass is 32.2. The summed E-state index contributed by atoms with van der Waals surface area (Å²) < 4.78 is 4.84. The van der Waals surface area contributed by atoms with Crippen LogP contribution in [0.25, 0.3) is 10.9 Å². The number of para-hydroxylation sites is 1. The second-order valence-electron chi connectivity index (χ2n) is 5.91. The predicted octanol–water partition coefficient (Wildman–Crippen LogP) is 4.13. The third-order valence-electron chi connectivity index (χ3n) is 4.05. The van der Waals surface area contributed by atoms with Crippen molar-refractivity contribution in [1.29, 1.82) is 0 Å². The van der Waals surface area contributed by atoms with Gasteiger partial charge in [-0.1, -0.05) is 30.0 Å².